The number of carbonyl (C=O) groups excluding carboxylic acids is 2. The predicted molar refractivity (Wildman–Crippen MR) is 111 cm³/mol. The Bertz CT molecular complexity index is 927. The Morgan fingerprint density at radius 3 is 2.45 bits per heavy atom. The minimum absolute atomic E-state index is 0.0773. The molecule has 1 unspecified atom stereocenters. The highest BCUT2D eigenvalue weighted by Crippen LogP contribution is 2.30. The highest BCUT2D eigenvalue weighted by atomic mass is 16.2. The van der Waals surface area contributed by atoms with Gasteiger partial charge in [-0.25, -0.2) is 0 Å². The van der Waals surface area contributed by atoms with E-state index in [1.165, 1.54) is 5.56 Å². The normalized spacial score (nSPS) is 20.0. The summed E-state index contributed by atoms with van der Waals surface area (Å²) in [4.78, 5) is 29.1. The SMILES string of the molecule is N#Cc1ccccc1N1CC(C(=O)N2CCC(Cc3ccccc3)CC2)CC1=O. The number of anilines is 1. The van der Waals surface area contributed by atoms with Gasteiger partial charge in [0.2, 0.25) is 11.8 Å². The van der Waals surface area contributed by atoms with Crippen LogP contribution >= 0.6 is 0 Å². The number of likely N-dealkylation sites (tertiary alicyclic amines) is 1. The first-order chi connectivity index (χ1) is 14.2. The van der Waals surface area contributed by atoms with Crippen molar-refractivity contribution in [3.8, 4) is 6.07 Å². The van der Waals surface area contributed by atoms with E-state index in [1.54, 1.807) is 23.1 Å². The molecule has 29 heavy (non-hydrogen) atoms. The Kier molecular flexibility index (Phi) is 5.62. The highest BCUT2D eigenvalue weighted by molar-refractivity contribution is 6.01. The summed E-state index contributed by atoms with van der Waals surface area (Å²) >= 11 is 0. The highest BCUT2D eigenvalue weighted by Gasteiger charge is 2.38. The van der Waals surface area contributed by atoms with Crippen molar-refractivity contribution in [2.45, 2.75) is 25.7 Å². The van der Waals surface area contributed by atoms with Gasteiger partial charge in [-0.15, -0.1) is 0 Å². The predicted octanol–water partition coefficient (Wildman–Crippen LogP) is 3.39. The van der Waals surface area contributed by atoms with E-state index in [0.717, 1.165) is 32.4 Å². The number of piperidine rings is 1. The number of carbonyl (C=O) groups is 2. The van der Waals surface area contributed by atoms with Crippen molar-refractivity contribution in [2.24, 2.45) is 11.8 Å². The molecule has 2 aliphatic heterocycles. The Labute approximate surface area is 171 Å². The van der Waals surface area contributed by atoms with Crippen LogP contribution in [-0.4, -0.2) is 36.3 Å². The smallest absolute Gasteiger partial charge is 0.228 e. The minimum Gasteiger partial charge on any atom is -0.342 e. The molecule has 4 rings (SSSR count). The van der Waals surface area contributed by atoms with E-state index in [2.05, 4.69) is 30.3 Å². The molecule has 2 fully saturated rings. The molecule has 148 valence electrons. The minimum atomic E-state index is -0.320. The van der Waals surface area contributed by atoms with E-state index < -0.39 is 0 Å². The first-order valence-corrected chi connectivity index (χ1v) is 10.3. The third kappa shape index (κ3) is 4.17. The Balaban J connectivity index is 1.35. The summed E-state index contributed by atoms with van der Waals surface area (Å²) in [5.41, 5.74) is 2.43. The van der Waals surface area contributed by atoms with E-state index in [4.69, 9.17) is 0 Å². The van der Waals surface area contributed by atoms with Gasteiger partial charge in [-0.2, -0.15) is 5.26 Å². The third-order valence-electron chi connectivity index (χ3n) is 6.08. The summed E-state index contributed by atoms with van der Waals surface area (Å²) in [6.07, 6.45) is 3.29. The van der Waals surface area contributed by atoms with Gasteiger partial charge in [-0.05, 0) is 42.9 Å². The molecule has 2 saturated heterocycles. The largest absolute Gasteiger partial charge is 0.342 e. The van der Waals surface area contributed by atoms with Gasteiger partial charge < -0.3 is 9.80 Å². The van der Waals surface area contributed by atoms with Crippen molar-refractivity contribution >= 4 is 17.5 Å². The molecule has 0 radical (unpaired) electrons. The fourth-order valence-corrected chi connectivity index (χ4v) is 4.47. The van der Waals surface area contributed by atoms with Crippen LogP contribution in [0.25, 0.3) is 0 Å². The van der Waals surface area contributed by atoms with E-state index in [1.807, 2.05) is 17.0 Å². The van der Waals surface area contributed by atoms with E-state index in [9.17, 15) is 14.9 Å². The number of nitrogens with zero attached hydrogens (tertiary/aromatic N) is 3. The molecule has 0 saturated carbocycles. The summed E-state index contributed by atoms with van der Waals surface area (Å²) in [7, 11) is 0. The number of hydrogen-bond acceptors (Lipinski definition) is 3. The van der Waals surface area contributed by atoms with Crippen molar-refractivity contribution in [3.05, 3.63) is 65.7 Å². The molecule has 1 atom stereocenters. The van der Waals surface area contributed by atoms with Crippen LogP contribution in [-0.2, 0) is 16.0 Å². The zero-order valence-corrected chi connectivity index (χ0v) is 16.5. The summed E-state index contributed by atoms with van der Waals surface area (Å²) in [6.45, 7) is 1.88. The van der Waals surface area contributed by atoms with Gasteiger partial charge in [-0.3, -0.25) is 9.59 Å². The molecule has 2 aromatic rings. The third-order valence-corrected chi connectivity index (χ3v) is 6.08. The summed E-state index contributed by atoms with van der Waals surface area (Å²) < 4.78 is 0. The van der Waals surface area contributed by atoms with Crippen LogP contribution in [0.4, 0.5) is 5.69 Å². The first-order valence-electron chi connectivity index (χ1n) is 10.3. The lowest BCUT2D eigenvalue weighted by atomic mass is 9.89. The maximum absolute atomic E-state index is 13.0. The summed E-state index contributed by atoms with van der Waals surface area (Å²) in [5, 5.41) is 9.31. The molecule has 2 amide bonds. The van der Waals surface area contributed by atoms with Crippen LogP contribution in [0.3, 0.4) is 0 Å². The van der Waals surface area contributed by atoms with Crippen molar-refractivity contribution < 1.29 is 9.59 Å². The van der Waals surface area contributed by atoms with Crippen LogP contribution in [0.15, 0.2) is 54.6 Å². The van der Waals surface area contributed by atoms with Gasteiger partial charge in [0.15, 0.2) is 0 Å². The van der Waals surface area contributed by atoms with Crippen LogP contribution in [0.5, 0.6) is 0 Å². The quantitative estimate of drug-likeness (QED) is 0.808. The van der Waals surface area contributed by atoms with E-state index in [-0.39, 0.29) is 24.2 Å². The topological polar surface area (TPSA) is 64.4 Å². The second-order valence-electron chi connectivity index (χ2n) is 7.99. The van der Waals surface area contributed by atoms with Gasteiger partial charge in [0.1, 0.15) is 6.07 Å². The van der Waals surface area contributed by atoms with E-state index >= 15 is 0 Å². The van der Waals surface area contributed by atoms with Crippen LogP contribution in [0.2, 0.25) is 0 Å². The number of hydrogen-bond donors (Lipinski definition) is 0. The summed E-state index contributed by atoms with van der Waals surface area (Å²) in [6, 6.07) is 19.7. The molecule has 0 N–H and O–H groups in total. The molecule has 2 aromatic carbocycles. The monoisotopic (exact) mass is 387 g/mol. The zero-order chi connectivity index (χ0) is 20.2. The standard InChI is InChI=1S/C24H25N3O2/c25-16-20-8-4-5-9-22(20)27-17-21(15-23(27)28)24(29)26-12-10-19(11-13-26)14-18-6-2-1-3-7-18/h1-9,19,21H,10-15,17H2. The Hall–Kier alpha value is -3.13. The van der Waals surface area contributed by atoms with Gasteiger partial charge in [0.05, 0.1) is 17.2 Å². The Morgan fingerprint density at radius 2 is 1.72 bits per heavy atom. The van der Waals surface area contributed by atoms with Crippen molar-refractivity contribution in [2.75, 3.05) is 24.5 Å². The summed E-state index contributed by atoms with van der Waals surface area (Å²) in [5.74, 6) is 0.282. The average molecular weight is 387 g/mol. The number of amides is 2. The molecule has 5 heteroatoms. The molecule has 0 aromatic heterocycles. The molecule has 0 bridgehead atoms. The lowest BCUT2D eigenvalue weighted by molar-refractivity contribution is -0.137. The van der Waals surface area contributed by atoms with Gasteiger partial charge in [0, 0.05) is 26.1 Å². The molecular weight excluding hydrogens is 362 g/mol. The van der Waals surface area contributed by atoms with Crippen LogP contribution in [0, 0.1) is 23.2 Å². The second kappa shape index (κ2) is 8.48. The average Bonchev–Trinajstić information content (AvgIpc) is 3.16. The number of benzene rings is 2. The van der Waals surface area contributed by atoms with Gasteiger partial charge in [0.25, 0.3) is 0 Å². The number of nitriles is 1. The van der Waals surface area contributed by atoms with Crippen molar-refractivity contribution in [1.29, 1.82) is 5.26 Å². The van der Waals surface area contributed by atoms with E-state index in [0.29, 0.717) is 23.7 Å². The first kappa shape index (κ1) is 19.2. The fraction of sp³-hybridized carbons (Fsp3) is 0.375. The maximum atomic E-state index is 13.0. The lowest BCUT2D eigenvalue weighted by Crippen LogP contribution is -2.42. The molecule has 0 spiro atoms. The Morgan fingerprint density at radius 1 is 1.03 bits per heavy atom. The molecule has 5 nitrogen and oxygen atoms in total. The molecule has 2 aliphatic rings. The molecule has 2 heterocycles. The maximum Gasteiger partial charge on any atom is 0.228 e. The molecular formula is C24H25N3O2. The van der Waals surface area contributed by atoms with Gasteiger partial charge in [-0.1, -0.05) is 42.5 Å². The van der Waals surface area contributed by atoms with Crippen LogP contribution < -0.4 is 4.90 Å². The van der Waals surface area contributed by atoms with Crippen molar-refractivity contribution in [1.82, 2.24) is 4.90 Å². The fourth-order valence-electron chi connectivity index (χ4n) is 4.47. The number of para-hydroxylation sites is 1. The number of rotatable bonds is 4. The van der Waals surface area contributed by atoms with Crippen LogP contribution in [0.1, 0.15) is 30.4 Å². The second-order valence-corrected chi connectivity index (χ2v) is 7.99. The van der Waals surface area contributed by atoms with Gasteiger partial charge >= 0.3 is 0 Å². The van der Waals surface area contributed by atoms with Crippen molar-refractivity contribution in [3.63, 3.8) is 0 Å². The lowest BCUT2D eigenvalue weighted by Gasteiger charge is -2.33. The zero-order valence-electron chi connectivity index (χ0n) is 16.5. The molecule has 0 aliphatic carbocycles.